The van der Waals surface area contributed by atoms with Crippen molar-refractivity contribution < 1.29 is 9.90 Å². The number of Topliss-reactive ketones (excluding diaryl/α,β-unsaturated/α-hetero) is 1. The summed E-state index contributed by atoms with van der Waals surface area (Å²) in [5.41, 5.74) is 1.40. The molecule has 2 unspecified atom stereocenters. The van der Waals surface area contributed by atoms with E-state index in [1.54, 1.807) is 24.3 Å². The molecule has 0 heterocycles. The van der Waals surface area contributed by atoms with E-state index >= 15 is 0 Å². The van der Waals surface area contributed by atoms with Crippen molar-refractivity contribution in [2.45, 2.75) is 10.9 Å². The fraction of sp³-hybridized carbons (Fsp3) is 0.133. The fourth-order valence-corrected chi connectivity index (χ4v) is 2.27. The van der Waals surface area contributed by atoms with E-state index in [0.717, 1.165) is 5.56 Å². The lowest BCUT2D eigenvalue weighted by atomic mass is 10.00. The van der Waals surface area contributed by atoms with E-state index < -0.39 is 10.9 Å². The van der Waals surface area contributed by atoms with E-state index in [0.29, 0.717) is 5.56 Å². The number of hydrogen-bond donors (Lipinski definition) is 1. The molecule has 0 spiro atoms. The molecule has 0 bridgehead atoms. The van der Waals surface area contributed by atoms with Crippen LogP contribution in [0.2, 0.25) is 0 Å². The van der Waals surface area contributed by atoms with Gasteiger partial charge >= 0.3 is 0 Å². The Morgan fingerprint density at radius 1 is 0.944 bits per heavy atom. The van der Waals surface area contributed by atoms with Crippen molar-refractivity contribution in [1.82, 2.24) is 0 Å². The lowest BCUT2D eigenvalue weighted by Gasteiger charge is -2.16. The summed E-state index contributed by atoms with van der Waals surface area (Å²) in [4.78, 5) is 11.7. The molecule has 1 N–H and O–H groups in total. The van der Waals surface area contributed by atoms with Crippen molar-refractivity contribution in [2.24, 2.45) is 0 Å². The number of hydrogen-bond acceptors (Lipinski definition) is 2. The fourth-order valence-electron chi connectivity index (χ4n) is 1.73. The number of benzene rings is 2. The quantitative estimate of drug-likeness (QED) is 0.694. The van der Waals surface area contributed by atoms with Crippen molar-refractivity contribution in [3.8, 4) is 0 Å². The topological polar surface area (TPSA) is 37.3 Å². The number of halogens is 1. The van der Waals surface area contributed by atoms with Crippen molar-refractivity contribution in [3.63, 3.8) is 0 Å². The third-order valence-corrected chi connectivity index (χ3v) is 3.75. The van der Waals surface area contributed by atoms with Crippen molar-refractivity contribution in [2.75, 3.05) is 0 Å². The Kier molecular flexibility index (Phi) is 4.28. The lowest BCUT2D eigenvalue weighted by molar-refractivity contribution is 0.0746. The number of alkyl halides is 1. The first-order valence-corrected chi connectivity index (χ1v) is 6.58. The third-order valence-electron chi connectivity index (χ3n) is 2.72. The summed E-state index contributed by atoms with van der Waals surface area (Å²) in [7, 11) is 0. The second-order valence-electron chi connectivity index (χ2n) is 3.99. The maximum Gasteiger partial charge on any atom is 0.192 e. The number of carbonyl (C=O) groups excluding carboxylic acids is 1. The number of ketones is 1. The highest BCUT2D eigenvalue weighted by Crippen LogP contribution is 2.28. The molecule has 2 rings (SSSR count). The monoisotopic (exact) mass is 304 g/mol. The van der Waals surface area contributed by atoms with Gasteiger partial charge in [0, 0.05) is 5.56 Å². The summed E-state index contributed by atoms with van der Waals surface area (Å²) in [6.45, 7) is 0. The highest BCUT2D eigenvalue weighted by Gasteiger charge is 2.25. The zero-order valence-electron chi connectivity index (χ0n) is 9.66. The van der Waals surface area contributed by atoms with Crippen LogP contribution < -0.4 is 0 Å². The third kappa shape index (κ3) is 2.86. The predicted molar refractivity (Wildman–Crippen MR) is 74.9 cm³/mol. The average molecular weight is 305 g/mol. The predicted octanol–water partition coefficient (Wildman–Crippen LogP) is 3.37. The Morgan fingerprint density at radius 2 is 1.44 bits per heavy atom. The lowest BCUT2D eigenvalue weighted by Crippen LogP contribution is -2.25. The molecule has 0 saturated carbocycles. The van der Waals surface area contributed by atoms with Crippen LogP contribution in [0.5, 0.6) is 0 Å². The second kappa shape index (κ2) is 5.94. The summed E-state index contributed by atoms with van der Waals surface area (Å²) in [5.74, 6) is -0.277. The normalized spacial score (nSPS) is 13.9. The highest BCUT2D eigenvalue weighted by molar-refractivity contribution is 9.09. The molecular formula is C15H13BrO2. The summed E-state index contributed by atoms with van der Waals surface area (Å²) in [6.07, 6.45) is -1.09. The van der Waals surface area contributed by atoms with Crippen LogP contribution in [-0.2, 0) is 0 Å². The second-order valence-corrected chi connectivity index (χ2v) is 4.97. The van der Waals surface area contributed by atoms with Gasteiger partial charge in [-0.05, 0) is 5.56 Å². The first kappa shape index (κ1) is 13.0. The molecule has 92 valence electrons. The number of aliphatic hydroxyl groups is 1. The van der Waals surface area contributed by atoms with Crippen LogP contribution >= 0.6 is 15.9 Å². The van der Waals surface area contributed by atoms with E-state index in [1.807, 2.05) is 36.4 Å². The van der Waals surface area contributed by atoms with Gasteiger partial charge in [-0.15, -0.1) is 0 Å². The maximum atomic E-state index is 12.1. The largest absolute Gasteiger partial charge is 0.383 e. The average Bonchev–Trinajstić information content (AvgIpc) is 2.47. The van der Waals surface area contributed by atoms with E-state index in [1.165, 1.54) is 0 Å². The maximum absolute atomic E-state index is 12.1. The van der Waals surface area contributed by atoms with Crippen LogP contribution in [0.3, 0.4) is 0 Å². The zero-order chi connectivity index (χ0) is 13.0. The standard InChI is InChI=1S/C15H13BrO2/c16-13(11-7-3-1-4-8-11)15(18)14(17)12-9-5-2-6-10-12/h1-10,13,15,18H. The smallest absolute Gasteiger partial charge is 0.192 e. The number of aliphatic hydroxyl groups excluding tert-OH is 1. The van der Waals surface area contributed by atoms with Gasteiger partial charge in [0.25, 0.3) is 0 Å². The van der Waals surface area contributed by atoms with Crippen LogP contribution in [0.25, 0.3) is 0 Å². The molecule has 0 amide bonds. The molecule has 0 aliphatic rings. The molecule has 3 heteroatoms. The molecular weight excluding hydrogens is 292 g/mol. The van der Waals surface area contributed by atoms with Gasteiger partial charge in [0.05, 0.1) is 4.83 Å². The first-order valence-electron chi connectivity index (χ1n) is 5.66. The molecule has 2 atom stereocenters. The van der Waals surface area contributed by atoms with Crippen LogP contribution in [0, 0.1) is 0 Å². The summed E-state index contributed by atoms with van der Waals surface area (Å²) >= 11 is 3.38. The van der Waals surface area contributed by atoms with Gasteiger partial charge in [0.15, 0.2) is 5.78 Å². The summed E-state index contributed by atoms with van der Waals surface area (Å²) in [6, 6.07) is 18.2. The summed E-state index contributed by atoms with van der Waals surface area (Å²) < 4.78 is 0. The molecule has 0 aliphatic carbocycles. The Morgan fingerprint density at radius 3 is 2.00 bits per heavy atom. The minimum absolute atomic E-state index is 0.277. The van der Waals surface area contributed by atoms with E-state index in [4.69, 9.17) is 0 Å². The van der Waals surface area contributed by atoms with Gasteiger partial charge < -0.3 is 5.11 Å². The Balaban J connectivity index is 2.17. The van der Waals surface area contributed by atoms with Crippen molar-refractivity contribution in [3.05, 3.63) is 71.8 Å². The SMILES string of the molecule is O=C(c1ccccc1)C(O)C(Br)c1ccccc1. The van der Waals surface area contributed by atoms with E-state index in [-0.39, 0.29) is 5.78 Å². The summed E-state index contributed by atoms with van der Waals surface area (Å²) in [5, 5.41) is 10.1. The molecule has 0 radical (unpaired) electrons. The molecule has 0 aromatic heterocycles. The van der Waals surface area contributed by atoms with Gasteiger partial charge in [-0.2, -0.15) is 0 Å². The van der Waals surface area contributed by atoms with Crippen LogP contribution in [0.1, 0.15) is 20.7 Å². The molecule has 18 heavy (non-hydrogen) atoms. The highest BCUT2D eigenvalue weighted by atomic mass is 79.9. The van der Waals surface area contributed by atoms with E-state index in [9.17, 15) is 9.90 Å². The van der Waals surface area contributed by atoms with Crippen LogP contribution in [0.15, 0.2) is 60.7 Å². The van der Waals surface area contributed by atoms with Crippen LogP contribution in [0.4, 0.5) is 0 Å². The molecule has 2 aromatic rings. The van der Waals surface area contributed by atoms with Crippen LogP contribution in [-0.4, -0.2) is 17.0 Å². The number of rotatable bonds is 4. The Bertz CT molecular complexity index is 511. The van der Waals surface area contributed by atoms with E-state index in [2.05, 4.69) is 15.9 Å². The first-order chi connectivity index (χ1) is 8.70. The Labute approximate surface area is 114 Å². The molecule has 0 saturated heterocycles. The molecule has 2 aromatic carbocycles. The van der Waals surface area contributed by atoms with Crippen molar-refractivity contribution >= 4 is 21.7 Å². The van der Waals surface area contributed by atoms with Crippen molar-refractivity contribution in [1.29, 1.82) is 0 Å². The molecule has 2 nitrogen and oxygen atoms in total. The minimum Gasteiger partial charge on any atom is -0.383 e. The minimum atomic E-state index is -1.09. The van der Waals surface area contributed by atoms with Gasteiger partial charge in [-0.25, -0.2) is 0 Å². The zero-order valence-corrected chi connectivity index (χ0v) is 11.2. The van der Waals surface area contributed by atoms with Gasteiger partial charge in [0.2, 0.25) is 0 Å². The molecule has 0 fully saturated rings. The van der Waals surface area contributed by atoms with Gasteiger partial charge in [0.1, 0.15) is 6.10 Å². The number of carbonyl (C=O) groups is 1. The van der Waals surface area contributed by atoms with Gasteiger partial charge in [-0.3, -0.25) is 4.79 Å². The molecule has 0 aliphatic heterocycles. The Hall–Kier alpha value is -1.45. The van der Waals surface area contributed by atoms with Gasteiger partial charge in [-0.1, -0.05) is 76.6 Å².